The van der Waals surface area contributed by atoms with Crippen molar-refractivity contribution in [3.8, 4) is 0 Å². The summed E-state index contributed by atoms with van der Waals surface area (Å²) >= 11 is 0. The third kappa shape index (κ3) is 6.94. The van der Waals surface area contributed by atoms with Crippen LogP contribution in [0.5, 0.6) is 0 Å². The molecular weight excluding hydrogens is 525 g/mol. The van der Waals surface area contributed by atoms with Crippen molar-refractivity contribution >= 4 is 6.03 Å². The van der Waals surface area contributed by atoms with Gasteiger partial charge in [-0.3, -0.25) is 0 Å². The summed E-state index contributed by atoms with van der Waals surface area (Å²) < 4.78 is 94.4. The fourth-order valence-electron chi connectivity index (χ4n) is 5.23. The van der Waals surface area contributed by atoms with Gasteiger partial charge in [0.25, 0.3) is 0 Å². The highest BCUT2D eigenvalue weighted by Gasteiger charge is 2.42. The van der Waals surface area contributed by atoms with E-state index in [1.807, 2.05) is 6.08 Å². The van der Waals surface area contributed by atoms with Crippen LogP contribution >= 0.6 is 0 Å². The standard InChI is InChI=1S/C29H33F7N2O/c1-6-7-10-27(4)11-12-38(25(17-27)24-9-8-23(30)13-18(24)2)26(39)37(5)19(3)20-14-21(28(31,32)33)16-22(15-20)29(34,35)36/h6,8-9,13-16,19,25H,1,7,10-12,17H2,2-5H3/t19-,25-,27?/m1/s1. The van der Waals surface area contributed by atoms with Gasteiger partial charge in [0.15, 0.2) is 0 Å². The van der Waals surface area contributed by atoms with Crippen molar-refractivity contribution in [2.24, 2.45) is 5.41 Å². The first-order valence-electron chi connectivity index (χ1n) is 12.7. The van der Waals surface area contributed by atoms with Gasteiger partial charge in [-0.15, -0.1) is 6.58 Å². The topological polar surface area (TPSA) is 23.6 Å². The number of hydrogen-bond acceptors (Lipinski definition) is 1. The van der Waals surface area contributed by atoms with Gasteiger partial charge in [0.2, 0.25) is 0 Å². The molecule has 0 saturated carbocycles. The second-order valence-electron chi connectivity index (χ2n) is 10.7. The van der Waals surface area contributed by atoms with Crippen molar-refractivity contribution in [3.05, 3.63) is 82.7 Å². The van der Waals surface area contributed by atoms with Crippen LogP contribution in [0, 0.1) is 18.2 Å². The van der Waals surface area contributed by atoms with Crippen molar-refractivity contribution in [1.82, 2.24) is 9.80 Å². The lowest BCUT2D eigenvalue weighted by atomic mass is 9.72. The van der Waals surface area contributed by atoms with Crippen LogP contribution < -0.4 is 0 Å². The van der Waals surface area contributed by atoms with E-state index in [0.29, 0.717) is 37.1 Å². The predicted molar refractivity (Wildman–Crippen MR) is 135 cm³/mol. The molecule has 2 aromatic carbocycles. The minimum Gasteiger partial charge on any atom is -0.321 e. The Labute approximate surface area is 224 Å². The van der Waals surface area contributed by atoms with Gasteiger partial charge < -0.3 is 9.80 Å². The second kappa shape index (κ2) is 11.2. The first-order valence-corrected chi connectivity index (χ1v) is 12.7. The van der Waals surface area contributed by atoms with E-state index >= 15 is 0 Å². The first-order chi connectivity index (χ1) is 18.0. The molecule has 1 aliphatic rings. The molecule has 1 saturated heterocycles. The molecule has 1 heterocycles. The normalized spacial score (nSPS) is 21.0. The van der Waals surface area contributed by atoms with Crippen molar-refractivity contribution in [2.45, 2.75) is 70.9 Å². The monoisotopic (exact) mass is 558 g/mol. The minimum atomic E-state index is -4.99. The Hall–Kier alpha value is -3.04. The third-order valence-corrected chi connectivity index (χ3v) is 7.78. The molecule has 3 rings (SSSR count). The van der Waals surface area contributed by atoms with Crippen LogP contribution in [-0.2, 0) is 12.4 Å². The second-order valence-corrected chi connectivity index (χ2v) is 10.7. The molecule has 0 N–H and O–H groups in total. The van der Waals surface area contributed by atoms with Crippen LogP contribution in [0.25, 0.3) is 0 Å². The smallest absolute Gasteiger partial charge is 0.321 e. The van der Waals surface area contributed by atoms with Crippen LogP contribution in [0.1, 0.15) is 79.4 Å². The molecule has 3 nitrogen and oxygen atoms in total. The number of benzene rings is 2. The molecule has 1 fully saturated rings. The van der Waals surface area contributed by atoms with Crippen LogP contribution in [0.4, 0.5) is 35.5 Å². The van der Waals surface area contributed by atoms with Gasteiger partial charge in [-0.2, -0.15) is 26.3 Å². The van der Waals surface area contributed by atoms with E-state index in [4.69, 9.17) is 0 Å². The summed E-state index contributed by atoms with van der Waals surface area (Å²) in [5.74, 6) is -0.421. The van der Waals surface area contributed by atoms with Gasteiger partial charge >= 0.3 is 18.4 Å². The zero-order chi connectivity index (χ0) is 29.3. The number of aryl methyl sites for hydroxylation is 1. The molecule has 2 amide bonds. The molecule has 0 spiro atoms. The number of rotatable bonds is 6. The number of hydrogen-bond donors (Lipinski definition) is 0. The Bertz CT molecular complexity index is 1170. The molecular formula is C29H33F7N2O. The van der Waals surface area contributed by atoms with Crippen molar-refractivity contribution in [2.75, 3.05) is 13.6 Å². The number of halogens is 7. The van der Waals surface area contributed by atoms with E-state index in [1.165, 1.54) is 26.1 Å². The molecule has 2 aromatic rings. The fourth-order valence-corrected chi connectivity index (χ4v) is 5.23. The first kappa shape index (κ1) is 30.5. The average molecular weight is 559 g/mol. The number of urea groups is 1. The number of allylic oxidation sites excluding steroid dienone is 1. The lowest BCUT2D eigenvalue weighted by Gasteiger charge is -2.47. The van der Waals surface area contributed by atoms with Crippen molar-refractivity contribution < 1.29 is 35.5 Å². The number of alkyl halides is 6. The van der Waals surface area contributed by atoms with E-state index < -0.39 is 47.4 Å². The highest BCUT2D eigenvalue weighted by atomic mass is 19.4. The van der Waals surface area contributed by atoms with Gasteiger partial charge in [0, 0.05) is 13.6 Å². The molecule has 10 heteroatoms. The van der Waals surface area contributed by atoms with Crippen molar-refractivity contribution in [3.63, 3.8) is 0 Å². The summed E-state index contributed by atoms with van der Waals surface area (Å²) in [6.07, 6.45) is -5.37. The summed E-state index contributed by atoms with van der Waals surface area (Å²) in [6, 6.07) is 3.60. The minimum absolute atomic E-state index is 0.0695. The van der Waals surface area contributed by atoms with E-state index in [0.717, 1.165) is 23.3 Å². The Kier molecular flexibility index (Phi) is 8.77. The van der Waals surface area contributed by atoms with Crippen LogP contribution in [-0.4, -0.2) is 29.4 Å². The third-order valence-electron chi connectivity index (χ3n) is 7.78. The summed E-state index contributed by atoms with van der Waals surface area (Å²) in [5.41, 5.74) is -1.91. The number of amides is 2. The number of likely N-dealkylation sites (tertiary alicyclic amines) is 1. The van der Waals surface area contributed by atoms with Gasteiger partial charge in [0.1, 0.15) is 5.82 Å². The number of nitrogens with zero attached hydrogens (tertiary/aromatic N) is 2. The molecule has 1 unspecified atom stereocenters. The van der Waals surface area contributed by atoms with Gasteiger partial charge in [0.05, 0.1) is 23.2 Å². The van der Waals surface area contributed by atoms with Gasteiger partial charge in [-0.25, -0.2) is 9.18 Å². The Morgan fingerprint density at radius 2 is 1.72 bits per heavy atom. The molecule has 214 valence electrons. The molecule has 39 heavy (non-hydrogen) atoms. The van der Waals surface area contributed by atoms with Crippen LogP contribution in [0.3, 0.4) is 0 Å². The molecule has 0 radical (unpaired) electrons. The van der Waals surface area contributed by atoms with Crippen molar-refractivity contribution in [1.29, 1.82) is 0 Å². The molecule has 0 aromatic heterocycles. The Morgan fingerprint density at radius 1 is 1.13 bits per heavy atom. The maximum atomic E-state index is 13.9. The number of carbonyl (C=O) groups excluding carboxylic acids is 1. The fraction of sp³-hybridized carbons (Fsp3) is 0.483. The lowest BCUT2D eigenvalue weighted by molar-refractivity contribution is -0.143. The largest absolute Gasteiger partial charge is 0.416 e. The van der Waals surface area contributed by atoms with E-state index in [1.54, 1.807) is 17.9 Å². The SMILES string of the molecule is C=CCCC1(C)CCN(C(=O)N(C)[C@H](C)c2cc(C(F)(F)F)cc(C(F)(F)F)c2)[C@@H](c2ccc(F)cc2C)C1. The van der Waals surface area contributed by atoms with Gasteiger partial charge in [-0.05, 0) is 92.0 Å². The molecule has 0 aliphatic carbocycles. The van der Waals surface area contributed by atoms with Gasteiger partial charge in [-0.1, -0.05) is 19.1 Å². The zero-order valence-corrected chi connectivity index (χ0v) is 22.4. The predicted octanol–water partition coefficient (Wildman–Crippen LogP) is 9.09. The summed E-state index contributed by atoms with van der Waals surface area (Å²) in [5, 5.41) is 0. The molecule has 3 atom stereocenters. The summed E-state index contributed by atoms with van der Waals surface area (Å²) in [6.45, 7) is 9.34. The lowest BCUT2D eigenvalue weighted by Crippen LogP contribution is -2.49. The highest BCUT2D eigenvalue weighted by molar-refractivity contribution is 5.75. The van der Waals surface area contributed by atoms with Crippen LogP contribution in [0.15, 0.2) is 49.1 Å². The Morgan fingerprint density at radius 3 is 2.23 bits per heavy atom. The number of carbonyl (C=O) groups is 1. The summed E-state index contributed by atoms with van der Waals surface area (Å²) in [4.78, 5) is 16.5. The maximum Gasteiger partial charge on any atom is 0.416 e. The summed E-state index contributed by atoms with van der Waals surface area (Å²) in [7, 11) is 1.36. The Balaban J connectivity index is 1.99. The van der Waals surface area contributed by atoms with E-state index in [-0.39, 0.29) is 17.0 Å². The number of piperidine rings is 1. The highest BCUT2D eigenvalue weighted by Crippen LogP contribution is 2.46. The quantitative estimate of drug-likeness (QED) is 0.256. The average Bonchev–Trinajstić information content (AvgIpc) is 2.85. The van der Waals surface area contributed by atoms with Crippen LogP contribution in [0.2, 0.25) is 0 Å². The molecule has 0 bridgehead atoms. The zero-order valence-electron chi connectivity index (χ0n) is 22.4. The van der Waals surface area contributed by atoms with E-state index in [9.17, 15) is 35.5 Å². The maximum absolute atomic E-state index is 13.9. The molecule has 1 aliphatic heterocycles. The van der Waals surface area contributed by atoms with E-state index in [2.05, 4.69) is 13.5 Å².